The van der Waals surface area contributed by atoms with Crippen LogP contribution in [0.15, 0.2) is 59.8 Å². The zero-order valence-electron chi connectivity index (χ0n) is 8.82. The van der Waals surface area contributed by atoms with Crippen LogP contribution in [0, 0.1) is 0 Å². The molecule has 2 rings (SSSR count). The molecule has 1 aromatic heterocycles. The topological polar surface area (TPSA) is 73.1 Å². The number of primary sulfonamides is 1. The molecule has 0 saturated carbocycles. The summed E-state index contributed by atoms with van der Waals surface area (Å²) >= 11 is 5.55. The Bertz CT molecular complexity index is 532. The van der Waals surface area contributed by atoms with Crippen molar-refractivity contribution in [2.24, 2.45) is 5.14 Å². The van der Waals surface area contributed by atoms with Crippen LogP contribution >= 0.6 is 11.6 Å². The number of benzene rings is 1. The molecule has 0 spiro atoms. The summed E-state index contributed by atoms with van der Waals surface area (Å²) in [6.07, 6.45) is 3.50. The van der Waals surface area contributed by atoms with Gasteiger partial charge in [0.15, 0.2) is 0 Å². The largest absolute Gasteiger partial charge is 0.265 e. The van der Waals surface area contributed by atoms with E-state index in [-0.39, 0.29) is 9.92 Å². The van der Waals surface area contributed by atoms with E-state index in [0.717, 1.165) is 0 Å². The number of hydrogen-bond acceptors (Lipinski definition) is 3. The minimum absolute atomic E-state index is 0.0401. The Kier molecular flexibility index (Phi) is 5.09. The van der Waals surface area contributed by atoms with E-state index in [1.165, 1.54) is 12.1 Å². The van der Waals surface area contributed by atoms with Crippen molar-refractivity contribution in [2.45, 2.75) is 4.90 Å². The van der Waals surface area contributed by atoms with Crippen molar-refractivity contribution < 1.29 is 8.42 Å². The Hall–Kier alpha value is -1.43. The van der Waals surface area contributed by atoms with Gasteiger partial charge in [0.05, 0.1) is 5.02 Å². The lowest BCUT2D eigenvalue weighted by Crippen LogP contribution is -2.12. The molecule has 4 nitrogen and oxygen atoms in total. The summed E-state index contributed by atoms with van der Waals surface area (Å²) in [6, 6.07) is 11.7. The number of halogens is 1. The SMILES string of the molecule is NS(=O)(=O)c1ccccc1Cl.c1ccncc1. The minimum Gasteiger partial charge on any atom is -0.265 e. The molecule has 0 bridgehead atoms. The predicted octanol–water partition coefficient (Wildman–Crippen LogP) is 2.07. The number of hydrogen-bond donors (Lipinski definition) is 1. The van der Waals surface area contributed by atoms with Crippen molar-refractivity contribution in [2.75, 3.05) is 0 Å². The number of nitrogens with two attached hydrogens (primary N) is 1. The lowest BCUT2D eigenvalue weighted by atomic mass is 10.4. The maximum absolute atomic E-state index is 10.7. The van der Waals surface area contributed by atoms with E-state index in [1.807, 2.05) is 18.2 Å². The van der Waals surface area contributed by atoms with Crippen LogP contribution in [0.25, 0.3) is 0 Å². The molecule has 0 amide bonds. The second kappa shape index (κ2) is 6.34. The van der Waals surface area contributed by atoms with Crippen LogP contribution in [0.4, 0.5) is 0 Å². The van der Waals surface area contributed by atoms with Crippen molar-refractivity contribution in [3.63, 3.8) is 0 Å². The van der Waals surface area contributed by atoms with Gasteiger partial charge in [-0.05, 0) is 24.3 Å². The molecule has 0 unspecified atom stereocenters. The molecule has 0 saturated heterocycles. The molecule has 1 aromatic carbocycles. The van der Waals surface area contributed by atoms with Gasteiger partial charge < -0.3 is 0 Å². The van der Waals surface area contributed by atoms with E-state index in [2.05, 4.69) is 4.98 Å². The van der Waals surface area contributed by atoms with Crippen LogP contribution in [-0.2, 0) is 10.0 Å². The molecule has 0 fully saturated rings. The van der Waals surface area contributed by atoms with Gasteiger partial charge in [-0.1, -0.05) is 29.8 Å². The highest BCUT2D eigenvalue weighted by molar-refractivity contribution is 7.89. The van der Waals surface area contributed by atoms with E-state index in [9.17, 15) is 8.42 Å². The molecule has 0 aliphatic carbocycles. The monoisotopic (exact) mass is 270 g/mol. The minimum atomic E-state index is -3.67. The number of aromatic nitrogens is 1. The highest BCUT2D eigenvalue weighted by Crippen LogP contribution is 2.18. The number of sulfonamides is 1. The fraction of sp³-hybridized carbons (Fsp3) is 0. The Balaban J connectivity index is 0.000000202. The van der Waals surface area contributed by atoms with Gasteiger partial charge in [0.25, 0.3) is 0 Å². The molecule has 0 aliphatic rings. The maximum atomic E-state index is 10.7. The van der Waals surface area contributed by atoms with Crippen molar-refractivity contribution in [3.8, 4) is 0 Å². The van der Waals surface area contributed by atoms with Crippen LogP contribution in [0.2, 0.25) is 5.02 Å². The van der Waals surface area contributed by atoms with Crippen LogP contribution in [0.5, 0.6) is 0 Å². The first kappa shape index (κ1) is 13.6. The standard InChI is InChI=1S/C6H6ClNO2S.C5H5N/c7-5-3-1-2-4-6(5)11(8,9)10;1-2-4-6-5-3-1/h1-4H,(H2,8,9,10);1-5H. The molecule has 2 aromatic rings. The van der Waals surface area contributed by atoms with Crippen molar-refractivity contribution >= 4 is 21.6 Å². The van der Waals surface area contributed by atoms with Crippen LogP contribution in [0.3, 0.4) is 0 Å². The van der Waals surface area contributed by atoms with Gasteiger partial charge in [-0.15, -0.1) is 0 Å². The molecule has 90 valence electrons. The Labute approximate surface area is 105 Å². The van der Waals surface area contributed by atoms with Crippen molar-refractivity contribution in [1.82, 2.24) is 4.98 Å². The Morgan fingerprint density at radius 2 is 1.59 bits per heavy atom. The second-order valence-corrected chi connectivity index (χ2v) is 4.94. The molecule has 0 atom stereocenters. The van der Waals surface area contributed by atoms with E-state index in [4.69, 9.17) is 16.7 Å². The maximum Gasteiger partial charge on any atom is 0.239 e. The average molecular weight is 271 g/mol. The molecule has 0 radical (unpaired) electrons. The fourth-order valence-electron chi connectivity index (χ4n) is 0.988. The van der Waals surface area contributed by atoms with Gasteiger partial charge in [0.2, 0.25) is 10.0 Å². The molecule has 2 N–H and O–H groups in total. The van der Waals surface area contributed by atoms with Gasteiger partial charge in [0, 0.05) is 12.4 Å². The third kappa shape index (κ3) is 4.95. The molecule has 6 heteroatoms. The smallest absolute Gasteiger partial charge is 0.239 e. The highest BCUT2D eigenvalue weighted by atomic mass is 35.5. The van der Waals surface area contributed by atoms with Crippen LogP contribution in [-0.4, -0.2) is 13.4 Å². The van der Waals surface area contributed by atoms with Gasteiger partial charge in [-0.25, -0.2) is 13.6 Å². The average Bonchev–Trinajstić information content (AvgIpc) is 2.31. The normalized spacial score (nSPS) is 10.2. The second-order valence-electron chi connectivity index (χ2n) is 3.00. The van der Waals surface area contributed by atoms with Crippen LogP contribution < -0.4 is 5.14 Å². The quantitative estimate of drug-likeness (QED) is 0.862. The van der Waals surface area contributed by atoms with Crippen molar-refractivity contribution in [1.29, 1.82) is 0 Å². The van der Waals surface area contributed by atoms with E-state index in [0.29, 0.717) is 0 Å². The van der Waals surface area contributed by atoms with E-state index >= 15 is 0 Å². The summed E-state index contributed by atoms with van der Waals surface area (Å²) in [4.78, 5) is 3.74. The van der Waals surface area contributed by atoms with E-state index < -0.39 is 10.0 Å². The summed E-state index contributed by atoms with van der Waals surface area (Å²) in [5.74, 6) is 0. The summed E-state index contributed by atoms with van der Waals surface area (Å²) in [6.45, 7) is 0. The van der Waals surface area contributed by atoms with Crippen LogP contribution in [0.1, 0.15) is 0 Å². The molecular formula is C11H11ClN2O2S. The third-order valence-corrected chi connectivity index (χ3v) is 3.12. The van der Waals surface area contributed by atoms with Gasteiger partial charge in [-0.3, -0.25) is 4.98 Å². The Morgan fingerprint density at radius 3 is 1.88 bits per heavy atom. The van der Waals surface area contributed by atoms with Gasteiger partial charge in [-0.2, -0.15) is 0 Å². The van der Waals surface area contributed by atoms with E-state index in [1.54, 1.807) is 24.5 Å². The number of nitrogens with zero attached hydrogens (tertiary/aromatic N) is 1. The Morgan fingerprint density at radius 1 is 1.00 bits per heavy atom. The molecule has 0 aliphatic heterocycles. The zero-order chi connectivity index (χ0) is 12.7. The first-order valence-corrected chi connectivity index (χ1v) is 6.56. The summed E-state index contributed by atoms with van der Waals surface area (Å²) < 4.78 is 21.5. The summed E-state index contributed by atoms with van der Waals surface area (Å²) in [5.41, 5.74) is 0. The van der Waals surface area contributed by atoms with Gasteiger partial charge >= 0.3 is 0 Å². The number of pyridine rings is 1. The first-order chi connectivity index (χ1) is 8.02. The highest BCUT2D eigenvalue weighted by Gasteiger charge is 2.10. The van der Waals surface area contributed by atoms with Gasteiger partial charge in [0.1, 0.15) is 4.90 Å². The third-order valence-electron chi connectivity index (χ3n) is 1.71. The fourth-order valence-corrected chi connectivity index (χ4v) is 2.05. The lowest BCUT2D eigenvalue weighted by Gasteiger charge is -1.98. The van der Waals surface area contributed by atoms with Crippen molar-refractivity contribution in [3.05, 3.63) is 59.9 Å². The first-order valence-electron chi connectivity index (χ1n) is 4.64. The lowest BCUT2D eigenvalue weighted by molar-refractivity contribution is 0.598. The predicted molar refractivity (Wildman–Crippen MR) is 67.1 cm³/mol. The molecular weight excluding hydrogens is 260 g/mol. The molecule has 1 heterocycles. The molecule has 17 heavy (non-hydrogen) atoms. The summed E-state index contributed by atoms with van der Waals surface area (Å²) in [7, 11) is -3.67. The zero-order valence-corrected chi connectivity index (χ0v) is 10.4. The summed E-state index contributed by atoms with van der Waals surface area (Å²) in [5, 5.41) is 4.99. The number of rotatable bonds is 1.